The van der Waals surface area contributed by atoms with E-state index in [1.807, 2.05) is 63.2 Å². The van der Waals surface area contributed by atoms with Crippen molar-refractivity contribution in [3.05, 3.63) is 69.1 Å². The highest BCUT2D eigenvalue weighted by Crippen LogP contribution is 2.31. The van der Waals surface area contributed by atoms with Gasteiger partial charge in [-0.3, -0.25) is 18.7 Å². The van der Waals surface area contributed by atoms with E-state index >= 15 is 0 Å². The highest BCUT2D eigenvalue weighted by Gasteiger charge is 2.26. The fraction of sp³-hybridized carbons (Fsp3) is 0.320. The first-order valence-electron chi connectivity index (χ1n) is 10.9. The highest BCUT2D eigenvalue weighted by atomic mass is 32.2. The van der Waals surface area contributed by atoms with Crippen LogP contribution in [0.3, 0.4) is 0 Å². The molecule has 2 heterocycles. The zero-order valence-corrected chi connectivity index (χ0v) is 20.9. The topological polar surface area (TPSA) is 98.9 Å². The number of hydrogen-bond acceptors (Lipinski definition) is 6. The van der Waals surface area contributed by atoms with Crippen LogP contribution in [0.15, 0.2) is 57.1 Å². The quantitative estimate of drug-likeness (QED) is 0.356. The second-order valence-electron chi connectivity index (χ2n) is 9.28. The van der Waals surface area contributed by atoms with E-state index in [1.54, 1.807) is 14.0 Å². The van der Waals surface area contributed by atoms with Crippen LogP contribution in [0.1, 0.15) is 33.5 Å². The molecule has 0 radical (unpaired) electrons. The van der Waals surface area contributed by atoms with Crippen molar-refractivity contribution in [1.29, 1.82) is 0 Å². The first-order chi connectivity index (χ1) is 16.0. The summed E-state index contributed by atoms with van der Waals surface area (Å²) in [5, 5.41) is 5.03. The monoisotopic (exact) mass is 477 g/mol. The summed E-state index contributed by atoms with van der Waals surface area (Å²) in [5.41, 5.74) is -0.389. The van der Waals surface area contributed by atoms with Crippen molar-refractivity contribution in [2.24, 2.45) is 14.1 Å². The molecule has 1 N–H and O–H groups in total. The Morgan fingerprint density at radius 1 is 1.00 bits per heavy atom. The molecule has 4 aromatic rings. The predicted molar refractivity (Wildman–Crippen MR) is 137 cm³/mol. The number of nitrogens with zero attached hydrogens (tertiary/aromatic N) is 4. The molecular weight excluding hydrogens is 450 g/mol. The van der Waals surface area contributed by atoms with Gasteiger partial charge in [-0.25, -0.2) is 14.8 Å². The van der Waals surface area contributed by atoms with Crippen molar-refractivity contribution in [2.75, 3.05) is 5.32 Å². The lowest BCUT2D eigenvalue weighted by Gasteiger charge is -2.20. The molecule has 0 spiro atoms. The van der Waals surface area contributed by atoms with E-state index in [1.165, 1.54) is 23.4 Å². The summed E-state index contributed by atoms with van der Waals surface area (Å²) < 4.78 is 2.38. The number of carbonyl (C=O) groups is 1. The van der Waals surface area contributed by atoms with Crippen LogP contribution >= 0.6 is 11.8 Å². The Morgan fingerprint density at radius 3 is 2.38 bits per heavy atom. The molecule has 1 atom stereocenters. The van der Waals surface area contributed by atoms with Crippen LogP contribution in [0, 0.1) is 0 Å². The van der Waals surface area contributed by atoms with E-state index in [9.17, 15) is 14.4 Å². The summed E-state index contributed by atoms with van der Waals surface area (Å²) in [6.07, 6.45) is 0. The third-order valence-electron chi connectivity index (χ3n) is 5.64. The Hall–Kier alpha value is -3.46. The summed E-state index contributed by atoms with van der Waals surface area (Å²) in [4.78, 5) is 47.9. The number of nitrogens with one attached hydrogen (secondary N) is 1. The van der Waals surface area contributed by atoms with Crippen molar-refractivity contribution in [3.63, 3.8) is 0 Å². The lowest BCUT2D eigenvalue weighted by molar-refractivity contribution is -0.115. The number of rotatable bonds is 4. The van der Waals surface area contributed by atoms with Crippen molar-refractivity contribution < 1.29 is 4.79 Å². The number of fused-ring (bicyclic) bond motifs is 2. The van der Waals surface area contributed by atoms with Crippen LogP contribution in [0.4, 0.5) is 5.69 Å². The summed E-state index contributed by atoms with van der Waals surface area (Å²) in [6, 6.07) is 13.6. The first kappa shape index (κ1) is 23.7. The third kappa shape index (κ3) is 4.23. The molecule has 0 aliphatic carbocycles. The number of benzene rings is 2. The lowest BCUT2D eigenvalue weighted by atomic mass is 9.96. The fourth-order valence-electron chi connectivity index (χ4n) is 3.64. The van der Waals surface area contributed by atoms with Crippen LogP contribution < -0.4 is 16.6 Å². The Bertz CT molecular complexity index is 1540. The minimum Gasteiger partial charge on any atom is -0.325 e. The first-order valence-corrected chi connectivity index (χ1v) is 11.8. The van der Waals surface area contributed by atoms with Crippen molar-refractivity contribution >= 4 is 45.2 Å². The molecule has 0 saturated carbocycles. The van der Waals surface area contributed by atoms with Gasteiger partial charge in [0, 0.05) is 30.6 Å². The van der Waals surface area contributed by atoms with E-state index < -0.39 is 21.9 Å². The Labute approximate surface area is 201 Å². The highest BCUT2D eigenvalue weighted by molar-refractivity contribution is 8.00. The molecule has 34 heavy (non-hydrogen) atoms. The smallest absolute Gasteiger partial charge is 0.325 e. The molecule has 4 rings (SSSR count). The van der Waals surface area contributed by atoms with Gasteiger partial charge in [0.2, 0.25) is 5.91 Å². The number of thioether (sulfide) groups is 1. The van der Waals surface area contributed by atoms with Crippen molar-refractivity contribution in [1.82, 2.24) is 19.1 Å². The summed E-state index contributed by atoms with van der Waals surface area (Å²) >= 11 is 1.18. The summed E-state index contributed by atoms with van der Waals surface area (Å²) in [5.74, 6) is 0.277. The lowest BCUT2D eigenvalue weighted by Crippen LogP contribution is -2.38. The molecule has 2 aromatic heterocycles. The van der Waals surface area contributed by atoms with Crippen LogP contribution in [0.5, 0.6) is 0 Å². The average molecular weight is 478 g/mol. The molecule has 0 aliphatic heterocycles. The minimum absolute atomic E-state index is 0.216. The molecule has 176 valence electrons. The molecule has 9 heteroatoms. The van der Waals surface area contributed by atoms with Crippen LogP contribution in [0.25, 0.3) is 21.8 Å². The number of carbonyl (C=O) groups excluding carboxylic acids is 1. The summed E-state index contributed by atoms with van der Waals surface area (Å²) in [6.45, 7) is 7.64. The van der Waals surface area contributed by atoms with Gasteiger partial charge in [0.15, 0.2) is 5.65 Å². The maximum atomic E-state index is 13.1. The van der Waals surface area contributed by atoms with Crippen molar-refractivity contribution in [3.8, 4) is 0 Å². The second kappa shape index (κ2) is 8.72. The summed E-state index contributed by atoms with van der Waals surface area (Å²) in [7, 11) is 3.00. The molecule has 0 saturated heterocycles. The standard InChI is InChI=1S/C25H27N5O3S/c1-14(20(31)26-17-13-9-11-15-10-7-8-12-16(15)17)34-21-18-19(27-23(28-21)25(2,3)4)29(5)24(33)30(6)22(18)32/h7-14H,1-6H3,(H,26,31). The van der Waals surface area contributed by atoms with Crippen molar-refractivity contribution in [2.45, 2.75) is 43.4 Å². The van der Waals surface area contributed by atoms with Gasteiger partial charge in [0.1, 0.15) is 16.2 Å². The fourth-order valence-corrected chi connectivity index (χ4v) is 4.58. The molecule has 0 aliphatic rings. The van der Waals surface area contributed by atoms with Gasteiger partial charge in [-0.05, 0) is 18.4 Å². The zero-order chi connectivity index (χ0) is 24.8. The van der Waals surface area contributed by atoms with Gasteiger partial charge < -0.3 is 5.32 Å². The van der Waals surface area contributed by atoms with Gasteiger partial charge >= 0.3 is 5.69 Å². The second-order valence-corrected chi connectivity index (χ2v) is 10.6. The van der Waals surface area contributed by atoms with E-state index in [2.05, 4.69) is 15.3 Å². The van der Waals surface area contributed by atoms with E-state index in [0.29, 0.717) is 10.9 Å². The Balaban J connectivity index is 1.76. The van der Waals surface area contributed by atoms with Gasteiger partial charge in [0.25, 0.3) is 5.56 Å². The van der Waals surface area contributed by atoms with E-state index in [0.717, 1.165) is 21.0 Å². The number of anilines is 1. The maximum absolute atomic E-state index is 13.1. The molecule has 8 nitrogen and oxygen atoms in total. The van der Waals surface area contributed by atoms with E-state index in [4.69, 9.17) is 0 Å². The third-order valence-corrected chi connectivity index (χ3v) is 6.73. The van der Waals surface area contributed by atoms with Crippen LogP contribution in [-0.4, -0.2) is 30.3 Å². The molecule has 0 fully saturated rings. The largest absolute Gasteiger partial charge is 0.332 e. The maximum Gasteiger partial charge on any atom is 0.332 e. The average Bonchev–Trinajstić information content (AvgIpc) is 2.80. The Kier molecular flexibility index (Phi) is 6.07. The van der Waals surface area contributed by atoms with Gasteiger partial charge in [-0.15, -0.1) is 0 Å². The minimum atomic E-state index is -0.563. The van der Waals surface area contributed by atoms with E-state index in [-0.39, 0.29) is 16.9 Å². The molecular formula is C25H27N5O3S. The normalized spacial score (nSPS) is 12.8. The van der Waals surface area contributed by atoms with Crippen LogP contribution in [0.2, 0.25) is 0 Å². The molecule has 1 unspecified atom stereocenters. The Morgan fingerprint density at radius 2 is 1.68 bits per heavy atom. The van der Waals surface area contributed by atoms with Crippen LogP contribution in [-0.2, 0) is 24.3 Å². The number of hydrogen-bond donors (Lipinski definition) is 1. The molecule has 2 aromatic carbocycles. The van der Waals surface area contributed by atoms with Gasteiger partial charge in [0.05, 0.1) is 5.25 Å². The zero-order valence-electron chi connectivity index (χ0n) is 20.0. The predicted octanol–water partition coefficient (Wildman–Crippen LogP) is 3.60. The number of aromatic nitrogens is 4. The van der Waals surface area contributed by atoms with Gasteiger partial charge in [-0.2, -0.15) is 0 Å². The SMILES string of the molecule is CC(Sc1nc(C(C)(C)C)nc2c1c(=O)n(C)c(=O)n2C)C(=O)Nc1cccc2ccccc12. The molecule has 0 bridgehead atoms. The number of amides is 1. The van der Waals surface area contributed by atoms with Gasteiger partial charge in [-0.1, -0.05) is 68.9 Å². The number of aryl methyl sites for hydroxylation is 1. The molecule has 1 amide bonds.